The van der Waals surface area contributed by atoms with E-state index in [4.69, 9.17) is 4.42 Å². The summed E-state index contributed by atoms with van der Waals surface area (Å²) in [7, 11) is 0. The van der Waals surface area contributed by atoms with E-state index in [0.29, 0.717) is 25.5 Å². The number of piperazine rings is 1. The molecule has 1 fully saturated rings. The van der Waals surface area contributed by atoms with Crippen LogP contribution < -0.4 is 4.90 Å². The van der Waals surface area contributed by atoms with Crippen LogP contribution in [-0.4, -0.2) is 59.0 Å². The number of hydrogen-bond donors (Lipinski definition) is 0. The standard InChI is InChI=1S/C27H29F3N4O2/c1-18-15-32(24-11-9-21(14-31-24)27(28,29)30)16-19(2)34(18)17-25(35)33-12-4-3-7-23(33)22-10-8-20-6-5-13-36-26(20)22/h3-6,8-11,13-14,18-19,23H,7,12,15-17H2,1-2H3/t18-,19+,23?. The van der Waals surface area contributed by atoms with E-state index in [1.54, 1.807) is 6.26 Å². The normalized spacial score (nSPS) is 23.4. The second kappa shape index (κ2) is 9.61. The number of fused-ring (bicyclic) bond motifs is 1. The van der Waals surface area contributed by atoms with Crippen molar-refractivity contribution in [3.05, 3.63) is 72.1 Å². The first-order valence-corrected chi connectivity index (χ1v) is 12.2. The molecule has 0 radical (unpaired) electrons. The second-order valence-corrected chi connectivity index (χ2v) is 9.63. The third-order valence-corrected chi connectivity index (χ3v) is 7.21. The fourth-order valence-electron chi connectivity index (χ4n) is 5.36. The van der Waals surface area contributed by atoms with Crippen LogP contribution in [0.4, 0.5) is 19.0 Å². The van der Waals surface area contributed by atoms with Crippen molar-refractivity contribution >= 4 is 11.7 Å². The lowest BCUT2D eigenvalue weighted by molar-refractivity contribution is -0.138. The molecule has 4 heterocycles. The molecule has 190 valence electrons. The second-order valence-electron chi connectivity index (χ2n) is 9.63. The number of nitrogens with zero attached hydrogens (tertiary/aromatic N) is 4. The number of hydrogen-bond acceptors (Lipinski definition) is 5. The van der Waals surface area contributed by atoms with Crippen molar-refractivity contribution in [3.63, 3.8) is 0 Å². The van der Waals surface area contributed by atoms with Crippen LogP contribution in [0, 0.1) is 0 Å². The van der Waals surface area contributed by atoms with Crippen LogP contribution in [0.15, 0.2) is 65.4 Å². The van der Waals surface area contributed by atoms with Gasteiger partial charge < -0.3 is 14.2 Å². The highest BCUT2D eigenvalue weighted by molar-refractivity contribution is 5.80. The summed E-state index contributed by atoms with van der Waals surface area (Å²) in [6.07, 6.45) is 2.99. The lowest BCUT2D eigenvalue weighted by Crippen LogP contribution is -2.59. The monoisotopic (exact) mass is 498 g/mol. The number of alkyl halides is 3. The van der Waals surface area contributed by atoms with Crippen LogP contribution in [0.3, 0.4) is 0 Å². The Morgan fingerprint density at radius 1 is 1.08 bits per heavy atom. The smallest absolute Gasteiger partial charge is 0.417 e. The summed E-state index contributed by atoms with van der Waals surface area (Å²) in [5, 5.41) is 0. The van der Waals surface area contributed by atoms with Gasteiger partial charge in [-0.1, -0.05) is 24.3 Å². The maximum Gasteiger partial charge on any atom is 0.417 e. The van der Waals surface area contributed by atoms with Gasteiger partial charge in [0.25, 0.3) is 0 Å². The average molecular weight is 499 g/mol. The fraction of sp³-hybridized carbons (Fsp3) is 0.407. The van der Waals surface area contributed by atoms with Crippen molar-refractivity contribution in [1.29, 1.82) is 0 Å². The molecule has 6 nitrogen and oxygen atoms in total. The summed E-state index contributed by atoms with van der Waals surface area (Å²) in [5.74, 6) is 1.38. The van der Waals surface area contributed by atoms with Crippen LogP contribution in [0.25, 0.3) is 11.3 Å². The van der Waals surface area contributed by atoms with Gasteiger partial charge in [0.15, 0.2) is 0 Å². The van der Waals surface area contributed by atoms with E-state index in [1.165, 1.54) is 6.07 Å². The number of rotatable bonds is 4. The predicted octanol–water partition coefficient (Wildman–Crippen LogP) is 5.23. The number of anilines is 1. The quantitative estimate of drug-likeness (QED) is 0.462. The third-order valence-electron chi connectivity index (χ3n) is 7.21. The Balaban J connectivity index is 1.27. The molecular formula is C27H29F3N4O2. The molecule has 1 amide bonds. The van der Waals surface area contributed by atoms with Gasteiger partial charge in [-0.3, -0.25) is 9.69 Å². The molecule has 0 saturated carbocycles. The lowest BCUT2D eigenvalue weighted by atomic mass is 9.99. The van der Waals surface area contributed by atoms with Crippen molar-refractivity contribution in [2.45, 2.75) is 44.6 Å². The molecular weight excluding hydrogens is 469 g/mol. The summed E-state index contributed by atoms with van der Waals surface area (Å²) >= 11 is 0. The van der Waals surface area contributed by atoms with Gasteiger partial charge in [0.1, 0.15) is 11.6 Å². The van der Waals surface area contributed by atoms with Gasteiger partial charge in [0, 0.05) is 49.0 Å². The number of pyridine rings is 1. The molecule has 3 atom stereocenters. The molecule has 5 rings (SSSR count). The van der Waals surface area contributed by atoms with Crippen molar-refractivity contribution in [1.82, 2.24) is 14.8 Å². The molecule has 0 aromatic carbocycles. The van der Waals surface area contributed by atoms with E-state index in [-0.39, 0.29) is 30.6 Å². The molecule has 1 aliphatic carbocycles. The van der Waals surface area contributed by atoms with E-state index in [9.17, 15) is 18.0 Å². The Morgan fingerprint density at radius 2 is 1.86 bits per heavy atom. The summed E-state index contributed by atoms with van der Waals surface area (Å²) < 4.78 is 44.5. The Hall–Kier alpha value is -3.33. The molecule has 4 aliphatic rings. The largest absolute Gasteiger partial charge is 0.464 e. The van der Waals surface area contributed by atoms with Gasteiger partial charge in [-0.05, 0) is 44.5 Å². The van der Waals surface area contributed by atoms with Gasteiger partial charge in [0.2, 0.25) is 5.91 Å². The maximum absolute atomic E-state index is 13.6. The van der Waals surface area contributed by atoms with Gasteiger partial charge in [0.05, 0.1) is 24.4 Å². The molecule has 1 aromatic rings. The molecule has 36 heavy (non-hydrogen) atoms. The number of carbonyl (C=O) groups excluding carboxylic acids is 1. The first-order chi connectivity index (χ1) is 17.2. The minimum absolute atomic E-state index is 0.0235. The van der Waals surface area contributed by atoms with Gasteiger partial charge in [-0.25, -0.2) is 4.98 Å². The summed E-state index contributed by atoms with van der Waals surface area (Å²) in [4.78, 5) is 23.7. The van der Waals surface area contributed by atoms with Crippen molar-refractivity contribution in [3.8, 4) is 11.3 Å². The van der Waals surface area contributed by atoms with Crippen molar-refractivity contribution < 1.29 is 22.4 Å². The van der Waals surface area contributed by atoms with Gasteiger partial charge in [-0.2, -0.15) is 13.2 Å². The highest BCUT2D eigenvalue weighted by Crippen LogP contribution is 2.38. The molecule has 1 saturated heterocycles. The first kappa shape index (κ1) is 24.4. The molecule has 0 spiro atoms. The van der Waals surface area contributed by atoms with Crippen molar-refractivity contribution in [2.75, 3.05) is 31.1 Å². The molecule has 3 aliphatic heterocycles. The highest BCUT2D eigenvalue weighted by atomic mass is 19.4. The Labute approximate surface area is 208 Å². The number of carbonyl (C=O) groups is 1. The fourth-order valence-corrected chi connectivity index (χ4v) is 5.36. The highest BCUT2D eigenvalue weighted by Gasteiger charge is 2.36. The SMILES string of the molecule is C[C@@H]1CN(c2ccc(C(F)(F)F)cn2)C[C@H](C)N1CC(=O)N1CC=CCC1c1ccc2cccoc1-2. The van der Waals surface area contributed by atoms with E-state index in [0.717, 1.165) is 35.6 Å². The summed E-state index contributed by atoms with van der Waals surface area (Å²) in [5.41, 5.74) is 1.28. The van der Waals surface area contributed by atoms with E-state index in [1.807, 2.05) is 54.0 Å². The number of amides is 1. The molecule has 0 bridgehead atoms. The lowest BCUT2D eigenvalue weighted by Gasteiger charge is -2.45. The minimum Gasteiger partial charge on any atom is -0.464 e. The van der Waals surface area contributed by atoms with Crippen LogP contribution in [0.1, 0.15) is 37.4 Å². The van der Waals surface area contributed by atoms with E-state index >= 15 is 0 Å². The molecule has 9 heteroatoms. The predicted molar refractivity (Wildman–Crippen MR) is 131 cm³/mol. The van der Waals surface area contributed by atoms with Gasteiger partial charge >= 0.3 is 6.18 Å². The Morgan fingerprint density at radius 3 is 2.56 bits per heavy atom. The average Bonchev–Trinajstić information content (AvgIpc) is 3.29. The summed E-state index contributed by atoms with van der Waals surface area (Å²) in [6.45, 7) is 6.05. The van der Waals surface area contributed by atoms with Crippen LogP contribution in [0.2, 0.25) is 0 Å². The molecule has 1 aromatic heterocycles. The topological polar surface area (TPSA) is 52.8 Å². The van der Waals surface area contributed by atoms with Crippen LogP contribution >= 0.6 is 0 Å². The zero-order valence-electron chi connectivity index (χ0n) is 20.3. The molecule has 0 N–H and O–H groups in total. The Kier molecular flexibility index (Phi) is 6.51. The third kappa shape index (κ3) is 4.72. The first-order valence-electron chi connectivity index (χ1n) is 12.2. The minimum atomic E-state index is -4.41. The van der Waals surface area contributed by atoms with E-state index in [2.05, 4.69) is 16.0 Å². The van der Waals surface area contributed by atoms with Crippen molar-refractivity contribution in [2.24, 2.45) is 0 Å². The number of halogens is 3. The number of aromatic nitrogens is 1. The van der Waals surface area contributed by atoms with E-state index < -0.39 is 11.7 Å². The van der Waals surface area contributed by atoms with Gasteiger partial charge in [-0.15, -0.1) is 0 Å². The maximum atomic E-state index is 13.6. The molecule has 1 unspecified atom stereocenters. The van der Waals surface area contributed by atoms with Crippen LogP contribution in [0.5, 0.6) is 0 Å². The Bertz CT molecular complexity index is 1190. The summed E-state index contributed by atoms with van der Waals surface area (Å²) in [6, 6.07) is 10.4. The van der Waals surface area contributed by atoms with Crippen LogP contribution in [-0.2, 0) is 11.0 Å². The zero-order valence-corrected chi connectivity index (χ0v) is 20.3. The zero-order chi connectivity index (χ0) is 25.4.